The monoisotopic (exact) mass is 437 g/mol. The topological polar surface area (TPSA) is 92.8 Å². The molecule has 9 nitrogen and oxygen atoms in total. The van der Waals surface area contributed by atoms with E-state index in [1.165, 1.54) is 6.08 Å². The van der Waals surface area contributed by atoms with Gasteiger partial charge in [0.1, 0.15) is 18.8 Å². The average Bonchev–Trinajstić information content (AvgIpc) is 2.76. The van der Waals surface area contributed by atoms with Gasteiger partial charge in [0.25, 0.3) is 0 Å². The molecule has 1 saturated heterocycles. The zero-order chi connectivity index (χ0) is 22.3. The van der Waals surface area contributed by atoms with Crippen molar-refractivity contribution in [2.45, 2.75) is 0 Å². The van der Waals surface area contributed by atoms with E-state index in [1.54, 1.807) is 0 Å². The summed E-state index contributed by atoms with van der Waals surface area (Å²) in [7, 11) is 3.86. The molecule has 1 aromatic rings. The van der Waals surface area contributed by atoms with Crippen molar-refractivity contribution < 1.29 is 38.0 Å². The second-order valence-corrected chi connectivity index (χ2v) is 6.77. The SMILES string of the molecule is CN(C)c1ccc(C=C2C(=O)OCCOCCOCCOCCOCCOC2=O)cc1. The fourth-order valence-electron chi connectivity index (χ4n) is 2.54. The third kappa shape index (κ3) is 9.93. The first-order chi connectivity index (χ1) is 15.1. The highest BCUT2D eigenvalue weighted by molar-refractivity contribution is 6.17. The van der Waals surface area contributed by atoms with Crippen LogP contribution in [0.15, 0.2) is 29.8 Å². The summed E-state index contributed by atoms with van der Waals surface area (Å²) in [6.45, 7) is 2.87. The zero-order valence-electron chi connectivity index (χ0n) is 18.2. The second kappa shape index (κ2) is 14.5. The highest BCUT2D eigenvalue weighted by Crippen LogP contribution is 2.16. The predicted molar refractivity (Wildman–Crippen MR) is 114 cm³/mol. The van der Waals surface area contributed by atoms with E-state index < -0.39 is 11.9 Å². The number of hydrogen-bond acceptors (Lipinski definition) is 9. The number of nitrogens with zero attached hydrogens (tertiary/aromatic N) is 1. The van der Waals surface area contributed by atoms with Gasteiger partial charge in [-0.25, -0.2) is 9.59 Å². The van der Waals surface area contributed by atoms with E-state index in [0.29, 0.717) is 45.2 Å². The Morgan fingerprint density at radius 1 is 0.645 bits per heavy atom. The van der Waals surface area contributed by atoms with Gasteiger partial charge in [0.15, 0.2) is 0 Å². The van der Waals surface area contributed by atoms with Gasteiger partial charge in [-0.1, -0.05) is 12.1 Å². The van der Waals surface area contributed by atoms with Gasteiger partial charge in [0.05, 0.1) is 52.9 Å². The first kappa shape index (κ1) is 24.8. The third-order valence-corrected chi connectivity index (χ3v) is 4.20. The maximum atomic E-state index is 12.5. The van der Waals surface area contributed by atoms with E-state index in [9.17, 15) is 9.59 Å². The number of esters is 2. The Labute approximate surface area is 182 Å². The zero-order valence-corrected chi connectivity index (χ0v) is 18.2. The second-order valence-electron chi connectivity index (χ2n) is 6.77. The minimum absolute atomic E-state index is 0.00917. The number of ether oxygens (including phenoxy) is 6. The maximum Gasteiger partial charge on any atom is 0.345 e. The average molecular weight is 437 g/mol. The Morgan fingerprint density at radius 3 is 1.42 bits per heavy atom. The van der Waals surface area contributed by atoms with E-state index in [0.717, 1.165) is 5.69 Å². The van der Waals surface area contributed by atoms with Crippen LogP contribution in [0.5, 0.6) is 0 Å². The third-order valence-electron chi connectivity index (χ3n) is 4.20. The lowest BCUT2D eigenvalue weighted by Gasteiger charge is -2.12. The van der Waals surface area contributed by atoms with E-state index >= 15 is 0 Å². The van der Waals surface area contributed by atoms with Crippen molar-refractivity contribution in [2.75, 3.05) is 85.1 Å². The number of benzene rings is 1. The van der Waals surface area contributed by atoms with Crippen molar-refractivity contribution >= 4 is 23.7 Å². The van der Waals surface area contributed by atoms with Crippen LogP contribution in [0.3, 0.4) is 0 Å². The van der Waals surface area contributed by atoms with Crippen LogP contribution < -0.4 is 4.90 Å². The van der Waals surface area contributed by atoms with Gasteiger partial charge in [-0.05, 0) is 23.8 Å². The summed E-state index contributed by atoms with van der Waals surface area (Å²) in [6, 6.07) is 7.39. The molecule has 31 heavy (non-hydrogen) atoms. The van der Waals surface area contributed by atoms with Crippen molar-refractivity contribution in [1.29, 1.82) is 0 Å². The lowest BCUT2D eigenvalue weighted by atomic mass is 10.1. The summed E-state index contributed by atoms with van der Waals surface area (Å²) < 4.78 is 31.8. The normalized spacial score (nSPS) is 18.7. The van der Waals surface area contributed by atoms with Crippen molar-refractivity contribution in [2.24, 2.45) is 0 Å². The van der Waals surface area contributed by atoms with Crippen molar-refractivity contribution in [3.63, 3.8) is 0 Å². The molecule has 1 aromatic carbocycles. The van der Waals surface area contributed by atoms with Crippen LogP contribution in [0.1, 0.15) is 5.56 Å². The summed E-state index contributed by atoms with van der Waals surface area (Å²) in [6.07, 6.45) is 1.45. The lowest BCUT2D eigenvalue weighted by Crippen LogP contribution is -2.21. The molecule has 0 aromatic heterocycles. The molecule has 0 atom stereocenters. The van der Waals surface area contributed by atoms with Crippen LogP contribution in [0.2, 0.25) is 0 Å². The molecule has 0 radical (unpaired) electrons. The first-order valence-electron chi connectivity index (χ1n) is 10.2. The smallest absolute Gasteiger partial charge is 0.345 e. The molecule has 0 saturated carbocycles. The molecular formula is C22H31NO8. The summed E-state index contributed by atoms with van der Waals surface area (Å²) >= 11 is 0. The Morgan fingerprint density at radius 2 is 1.03 bits per heavy atom. The van der Waals surface area contributed by atoms with Crippen LogP contribution in [-0.4, -0.2) is 92.1 Å². The van der Waals surface area contributed by atoms with Crippen molar-refractivity contribution in [3.8, 4) is 0 Å². The number of cyclic esters (lactones) is 2. The number of hydrogen-bond donors (Lipinski definition) is 0. The molecule has 0 N–H and O–H groups in total. The molecule has 1 heterocycles. The van der Waals surface area contributed by atoms with Gasteiger partial charge in [-0.2, -0.15) is 0 Å². The van der Waals surface area contributed by atoms with Crippen LogP contribution in [0, 0.1) is 0 Å². The Hall–Kier alpha value is -2.46. The molecule has 172 valence electrons. The lowest BCUT2D eigenvalue weighted by molar-refractivity contribution is -0.148. The van der Waals surface area contributed by atoms with E-state index in [-0.39, 0.29) is 32.0 Å². The van der Waals surface area contributed by atoms with Gasteiger partial charge in [-0.3, -0.25) is 0 Å². The van der Waals surface area contributed by atoms with E-state index in [4.69, 9.17) is 28.4 Å². The number of carbonyl (C=O) groups is 2. The highest BCUT2D eigenvalue weighted by atomic mass is 16.6. The van der Waals surface area contributed by atoms with Crippen molar-refractivity contribution in [1.82, 2.24) is 0 Å². The molecule has 2 rings (SSSR count). The van der Waals surface area contributed by atoms with Crippen LogP contribution in [0.25, 0.3) is 6.08 Å². The molecule has 0 bridgehead atoms. The standard InChI is InChI=1S/C22H31NO8/c1-23(2)19-5-3-18(4-6-19)17-20-21(24)30-15-13-28-11-9-26-7-8-27-10-12-29-14-16-31-22(20)25/h3-6,17H,7-16H2,1-2H3. The Bertz CT molecular complexity index is 670. The Balaban J connectivity index is 2.04. The molecule has 9 heteroatoms. The molecule has 1 aliphatic rings. The summed E-state index contributed by atoms with van der Waals surface area (Å²) in [5.74, 6) is -1.54. The molecule has 1 fully saturated rings. The van der Waals surface area contributed by atoms with E-state index in [1.807, 2.05) is 43.3 Å². The van der Waals surface area contributed by atoms with Gasteiger partial charge in [0, 0.05) is 19.8 Å². The molecule has 1 aliphatic heterocycles. The fraction of sp³-hybridized carbons (Fsp3) is 0.545. The predicted octanol–water partition coefficient (Wildman–Crippen LogP) is 1.30. The van der Waals surface area contributed by atoms with Crippen LogP contribution in [0.4, 0.5) is 5.69 Å². The molecule has 0 spiro atoms. The molecule has 0 amide bonds. The minimum atomic E-state index is -0.770. The quantitative estimate of drug-likeness (QED) is 0.386. The van der Waals surface area contributed by atoms with Crippen LogP contribution in [-0.2, 0) is 38.0 Å². The van der Waals surface area contributed by atoms with Gasteiger partial charge in [-0.15, -0.1) is 0 Å². The largest absolute Gasteiger partial charge is 0.459 e. The molecule has 0 unspecified atom stereocenters. The molecular weight excluding hydrogens is 406 g/mol. The van der Waals surface area contributed by atoms with Gasteiger partial charge >= 0.3 is 11.9 Å². The molecule has 0 aliphatic carbocycles. The van der Waals surface area contributed by atoms with Crippen LogP contribution >= 0.6 is 0 Å². The van der Waals surface area contributed by atoms with Gasteiger partial charge in [0.2, 0.25) is 0 Å². The highest BCUT2D eigenvalue weighted by Gasteiger charge is 2.22. The summed E-state index contributed by atoms with van der Waals surface area (Å²) in [5.41, 5.74) is 1.48. The number of carbonyl (C=O) groups excluding carboxylic acids is 2. The van der Waals surface area contributed by atoms with Gasteiger partial charge < -0.3 is 33.3 Å². The first-order valence-corrected chi connectivity index (χ1v) is 10.2. The van der Waals surface area contributed by atoms with E-state index in [2.05, 4.69) is 0 Å². The fourth-order valence-corrected chi connectivity index (χ4v) is 2.54. The summed E-state index contributed by atoms with van der Waals surface area (Å²) in [5, 5.41) is 0. The number of anilines is 1. The Kier molecular flexibility index (Phi) is 11.6. The number of rotatable bonds is 2. The van der Waals surface area contributed by atoms with Crippen molar-refractivity contribution in [3.05, 3.63) is 35.4 Å². The summed E-state index contributed by atoms with van der Waals surface area (Å²) in [4.78, 5) is 27.0. The minimum Gasteiger partial charge on any atom is -0.459 e. The maximum absolute atomic E-state index is 12.5.